The molecule has 0 radical (unpaired) electrons. The number of nitrogens with one attached hydrogen (secondary N) is 2. The zero-order valence-electron chi connectivity index (χ0n) is 24.7. The third-order valence-electron chi connectivity index (χ3n) is 7.17. The molecule has 1 aliphatic rings. The molecule has 1 saturated carbocycles. The van der Waals surface area contributed by atoms with Crippen molar-refractivity contribution < 1.29 is 14.2 Å². The first-order chi connectivity index (χ1) is 19.2. The maximum absolute atomic E-state index is 12.1. The minimum absolute atomic E-state index is 0.195. The average Bonchev–Trinajstić information content (AvgIpc) is 3.27. The van der Waals surface area contributed by atoms with Gasteiger partial charge >= 0.3 is 5.13 Å². The van der Waals surface area contributed by atoms with Gasteiger partial charge in [-0.15, -0.1) is 4.68 Å². The number of methoxy groups -OCH3 is 1. The molecule has 4 rings (SSSR count). The van der Waals surface area contributed by atoms with E-state index in [1.807, 2.05) is 13.1 Å². The first kappa shape index (κ1) is 29.5. The van der Waals surface area contributed by atoms with Crippen LogP contribution in [0.3, 0.4) is 0 Å². The summed E-state index contributed by atoms with van der Waals surface area (Å²) in [6.45, 7) is 10.1. The van der Waals surface area contributed by atoms with Gasteiger partial charge in [0.05, 0.1) is 23.6 Å². The molecule has 0 saturated heterocycles. The van der Waals surface area contributed by atoms with Crippen molar-refractivity contribution in [2.75, 3.05) is 22.6 Å². The monoisotopic (exact) mass is 564 g/mol. The van der Waals surface area contributed by atoms with Crippen molar-refractivity contribution in [2.24, 2.45) is 17.3 Å². The molecule has 0 spiro atoms. The van der Waals surface area contributed by atoms with Gasteiger partial charge in [0.15, 0.2) is 0 Å². The molecular weight excluding hydrogens is 522 g/mol. The largest absolute Gasteiger partial charge is 0.494 e. The first-order valence-electron chi connectivity index (χ1n) is 14.1. The van der Waals surface area contributed by atoms with Crippen molar-refractivity contribution in [2.45, 2.75) is 84.7 Å². The third-order valence-corrected chi connectivity index (χ3v) is 8.17. The van der Waals surface area contributed by atoms with Crippen molar-refractivity contribution in [3.05, 3.63) is 42.0 Å². The summed E-state index contributed by atoms with van der Waals surface area (Å²) >= 11 is 1.48. The van der Waals surface area contributed by atoms with E-state index >= 15 is 0 Å². The molecule has 2 N–H and O–H groups in total. The van der Waals surface area contributed by atoms with Crippen LogP contribution < -0.4 is 25.0 Å². The van der Waals surface area contributed by atoms with Gasteiger partial charge in [-0.3, -0.25) is 4.79 Å². The number of aryl methyl sites for hydroxylation is 1. The lowest BCUT2D eigenvalue weighted by atomic mass is 9.84. The number of benzene rings is 2. The van der Waals surface area contributed by atoms with Gasteiger partial charge in [0.2, 0.25) is 11.0 Å². The second-order valence-electron chi connectivity index (χ2n) is 10.9. The lowest BCUT2D eigenvalue weighted by Gasteiger charge is -2.28. The van der Waals surface area contributed by atoms with Crippen LogP contribution in [0.1, 0.15) is 78.2 Å². The number of nitrogens with zero attached hydrogens (tertiary/aromatic N) is 5. The summed E-state index contributed by atoms with van der Waals surface area (Å²) in [7, 11) is 3.47. The predicted molar refractivity (Wildman–Crippen MR) is 163 cm³/mol. The molecule has 40 heavy (non-hydrogen) atoms. The summed E-state index contributed by atoms with van der Waals surface area (Å²) in [5.74, 6) is 1.06. The van der Waals surface area contributed by atoms with E-state index in [1.54, 1.807) is 17.9 Å². The van der Waals surface area contributed by atoms with Gasteiger partial charge in [0, 0.05) is 30.8 Å². The Morgan fingerprint density at radius 3 is 2.33 bits per heavy atom. The lowest BCUT2D eigenvalue weighted by molar-refractivity contribution is -0.712. The van der Waals surface area contributed by atoms with E-state index in [1.165, 1.54) is 55.9 Å². The van der Waals surface area contributed by atoms with Gasteiger partial charge in [-0.2, -0.15) is 0 Å². The standard InChI is InChI=1S/C30H41N7O2S/c1-19(2)37(20(3)4)30-35-36(6)29(40-30)34-33-26-18-28(39-7)27(17-25(26)31-21(5)38)32-24-15-13-23(14-16-24)22-11-9-8-10-12-22/h13-20,22H,8-12H2,1-7H3,(H,31,32,38)/p+1. The summed E-state index contributed by atoms with van der Waals surface area (Å²) in [5.41, 5.74) is 4.11. The minimum atomic E-state index is -0.195. The van der Waals surface area contributed by atoms with Crippen molar-refractivity contribution in [1.29, 1.82) is 0 Å². The maximum atomic E-state index is 12.1. The van der Waals surface area contributed by atoms with E-state index in [0.717, 1.165) is 16.5 Å². The molecule has 1 aromatic heterocycles. The maximum Gasteiger partial charge on any atom is 0.431 e. The van der Waals surface area contributed by atoms with Crippen molar-refractivity contribution in [3.8, 4) is 5.75 Å². The number of rotatable bonds is 10. The van der Waals surface area contributed by atoms with Crippen molar-refractivity contribution in [1.82, 2.24) is 5.10 Å². The van der Waals surface area contributed by atoms with Crippen LogP contribution in [-0.2, 0) is 11.8 Å². The van der Waals surface area contributed by atoms with Crippen molar-refractivity contribution in [3.63, 3.8) is 0 Å². The number of carbonyl (C=O) groups excluding carboxylic acids is 1. The SMILES string of the molecule is COc1cc(N=Nc2sc(N(C(C)C)C(C)C)n[n+]2C)c(NC(C)=O)cc1Nc1ccc(C2CCCCC2)cc1. The fourth-order valence-corrected chi connectivity index (χ4v) is 6.41. The Bertz CT molecular complexity index is 1320. The van der Waals surface area contributed by atoms with Crippen LogP contribution in [0.5, 0.6) is 5.75 Å². The molecule has 2 aromatic carbocycles. The van der Waals surface area contributed by atoms with E-state index in [9.17, 15) is 4.79 Å². The van der Waals surface area contributed by atoms with Crippen LogP contribution in [0.4, 0.5) is 33.0 Å². The molecule has 1 fully saturated rings. The highest BCUT2D eigenvalue weighted by molar-refractivity contribution is 7.18. The third kappa shape index (κ3) is 7.15. The Hall–Kier alpha value is -3.53. The second kappa shape index (κ2) is 13.2. The van der Waals surface area contributed by atoms with Gasteiger partial charge in [0.25, 0.3) is 0 Å². The van der Waals surface area contributed by atoms with E-state index < -0.39 is 0 Å². The Balaban J connectivity index is 1.60. The van der Waals surface area contributed by atoms with Crippen LogP contribution in [0.15, 0.2) is 46.6 Å². The molecule has 1 heterocycles. The molecule has 0 bridgehead atoms. The lowest BCUT2D eigenvalue weighted by Crippen LogP contribution is -2.39. The van der Waals surface area contributed by atoms with E-state index in [4.69, 9.17) is 4.74 Å². The van der Waals surface area contributed by atoms with Gasteiger partial charge in [-0.1, -0.05) is 36.5 Å². The number of hydrogen-bond donors (Lipinski definition) is 2. The molecule has 1 aliphatic carbocycles. The predicted octanol–water partition coefficient (Wildman–Crippen LogP) is 7.76. The van der Waals surface area contributed by atoms with Gasteiger partial charge in [-0.05, 0) is 86.7 Å². The number of aromatic nitrogens is 2. The smallest absolute Gasteiger partial charge is 0.431 e. The second-order valence-corrected chi connectivity index (χ2v) is 11.9. The number of hydrogen-bond acceptors (Lipinski definition) is 8. The molecule has 0 unspecified atom stereocenters. The van der Waals surface area contributed by atoms with Crippen LogP contribution in [0.2, 0.25) is 0 Å². The number of azo groups is 1. The zero-order valence-corrected chi connectivity index (χ0v) is 25.5. The topological polar surface area (TPSA) is 95.1 Å². The van der Waals surface area contributed by atoms with Crippen LogP contribution in [0.25, 0.3) is 0 Å². The number of carbonyl (C=O) groups is 1. The Morgan fingerprint density at radius 1 is 1.05 bits per heavy atom. The molecule has 3 aromatic rings. The van der Waals surface area contributed by atoms with Crippen molar-refractivity contribution >= 4 is 50.3 Å². The molecule has 0 aliphatic heterocycles. The summed E-state index contributed by atoms with van der Waals surface area (Å²) in [6.07, 6.45) is 6.51. The fraction of sp³-hybridized carbons (Fsp3) is 0.500. The molecular formula is C30H42N7O2S+. The van der Waals surface area contributed by atoms with Crippen LogP contribution in [0, 0.1) is 0 Å². The normalized spacial score (nSPS) is 14.2. The summed E-state index contributed by atoms with van der Waals surface area (Å²) in [5, 5.41) is 21.5. The van der Waals surface area contributed by atoms with Gasteiger partial charge < -0.3 is 20.3 Å². The number of amides is 1. The number of ether oxygens (including phenoxy) is 1. The first-order valence-corrected chi connectivity index (χ1v) is 14.9. The molecule has 1 amide bonds. The minimum Gasteiger partial charge on any atom is -0.494 e. The quantitative estimate of drug-likeness (QED) is 0.194. The zero-order chi connectivity index (χ0) is 28.8. The summed E-state index contributed by atoms with van der Waals surface area (Å²) in [4.78, 5) is 14.3. The van der Waals surface area contributed by atoms with Gasteiger partial charge in [-0.25, -0.2) is 0 Å². The Morgan fingerprint density at radius 2 is 1.73 bits per heavy atom. The molecule has 10 heteroatoms. The highest BCUT2D eigenvalue weighted by Crippen LogP contribution is 2.40. The number of anilines is 4. The van der Waals surface area contributed by atoms with E-state index in [-0.39, 0.29) is 5.91 Å². The molecule has 0 atom stereocenters. The molecule has 9 nitrogen and oxygen atoms in total. The summed E-state index contributed by atoms with van der Waals surface area (Å²) in [6, 6.07) is 12.9. The Labute approximate surface area is 241 Å². The molecule has 214 valence electrons. The Kier molecular flexibility index (Phi) is 9.73. The van der Waals surface area contributed by atoms with E-state index in [2.05, 4.69) is 82.8 Å². The fourth-order valence-electron chi connectivity index (χ4n) is 5.30. The van der Waals surface area contributed by atoms with E-state index in [0.29, 0.717) is 40.3 Å². The van der Waals surface area contributed by atoms with Crippen LogP contribution >= 0.6 is 11.3 Å². The van der Waals surface area contributed by atoms with Crippen LogP contribution in [-0.4, -0.2) is 30.2 Å². The average molecular weight is 565 g/mol. The highest BCUT2D eigenvalue weighted by atomic mass is 32.1. The summed E-state index contributed by atoms with van der Waals surface area (Å²) < 4.78 is 7.43. The van der Waals surface area contributed by atoms with Gasteiger partial charge in [0.1, 0.15) is 18.5 Å². The highest BCUT2D eigenvalue weighted by Gasteiger charge is 2.25.